The van der Waals surface area contributed by atoms with Crippen molar-refractivity contribution in [3.05, 3.63) is 20.1 Å². The van der Waals surface area contributed by atoms with Crippen LogP contribution in [0.1, 0.15) is 0 Å². The van der Waals surface area contributed by atoms with Crippen molar-refractivity contribution >= 4 is 66.6 Å². The van der Waals surface area contributed by atoms with Crippen LogP contribution in [0, 0.1) is 0 Å². The van der Waals surface area contributed by atoms with Gasteiger partial charge in [-0.15, -0.1) is 0 Å². The molecule has 0 unspecified atom stereocenters. The van der Waals surface area contributed by atoms with E-state index in [1.54, 1.807) is 0 Å². The van der Waals surface area contributed by atoms with E-state index in [2.05, 4.69) is 0 Å². The van der Waals surface area contributed by atoms with Crippen molar-refractivity contribution in [2.45, 2.75) is 9.79 Å². The molecule has 0 bridgehead atoms. The van der Waals surface area contributed by atoms with Crippen molar-refractivity contribution in [3.8, 4) is 0 Å². The van der Waals surface area contributed by atoms with E-state index < -0.39 is 50.1 Å². The Kier molecular flexibility index (Phi) is 4.47. The molecule has 0 spiro atoms. The summed E-state index contributed by atoms with van der Waals surface area (Å²) < 4.78 is 62.1. The molecule has 102 valence electrons. The SMILES string of the molecule is O=S(=O)(O)c1c(Cl)c(Cl)c(Cl)c(Cl)c1S(=O)(=O)O. The summed E-state index contributed by atoms with van der Waals surface area (Å²) in [7, 11) is -10.2. The predicted molar refractivity (Wildman–Crippen MR) is 66.1 cm³/mol. The zero-order valence-corrected chi connectivity index (χ0v) is 12.5. The summed E-state index contributed by atoms with van der Waals surface area (Å²) in [5, 5.41) is -2.91. The molecule has 0 amide bonds. The second-order valence-electron chi connectivity index (χ2n) is 2.86. The monoisotopic (exact) mass is 374 g/mol. The molecule has 2 N–H and O–H groups in total. The maximum atomic E-state index is 11.1. The van der Waals surface area contributed by atoms with Gasteiger partial charge in [-0.3, -0.25) is 9.11 Å². The van der Waals surface area contributed by atoms with E-state index in [0.29, 0.717) is 0 Å². The average Bonchev–Trinajstić information content (AvgIpc) is 2.16. The third-order valence-electron chi connectivity index (χ3n) is 1.70. The lowest BCUT2D eigenvalue weighted by molar-refractivity contribution is 0.466. The first-order valence-electron chi connectivity index (χ1n) is 3.70. The van der Waals surface area contributed by atoms with Crippen molar-refractivity contribution in [3.63, 3.8) is 0 Å². The molecule has 0 saturated heterocycles. The molecule has 0 aromatic heterocycles. The molecule has 0 fully saturated rings. The highest BCUT2D eigenvalue weighted by atomic mass is 35.5. The normalized spacial score (nSPS) is 12.8. The summed E-state index contributed by atoms with van der Waals surface area (Å²) in [5.74, 6) is 0. The highest BCUT2D eigenvalue weighted by Crippen LogP contribution is 2.45. The Hall–Kier alpha value is 0.200. The van der Waals surface area contributed by atoms with Crippen LogP contribution in [0.5, 0.6) is 0 Å². The number of rotatable bonds is 2. The summed E-state index contributed by atoms with van der Waals surface area (Å²) in [6.07, 6.45) is 0. The third kappa shape index (κ3) is 2.86. The second-order valence-corrected chi connectivity index (χ2v) is 7.09. The lowest BCUT2D eigenvalue weighted by Crippen LogP contribution is -2.10. The molecule has 0 atom stereocenters. The van der Waals surface area contributed by atoms with Crippen LogP contribution in [0.15, 0.2) is 9.79 Å². The van der Waals surface area contributed by atoms with E-state index in [4.69, 9.17) is 55.5 Å². The van der Waals surface area contributed by atoms with Crippen LogP contribution in [0.2, 0.25) is 20.1 Å². The van der Waals surface area contributed by atoms with Gasteiger partial charge in [0.05, 0.1) is 20.1 Å². The third-order valence-corrected chi connectivity index (χ3v) is 5.70. The van der Waals surface area contributed by atoms with Gasteiger partial charge in [-0.05, 0) is 0 Å². The predicted octanol–water partition coefficient (Wildman–Crippen LogP) is 2.79. The topological polar surface area (TPSA) is 109 Å². The summed E-state index contributed by atoms with van der Waals surface area (Å²) in [6, 6.07) is 0. The molecule has 1 aromatic carbocycles. The number of hydrogen-bond acceptors (Lipinski definition) is 4. The van der Waals surface area contributed by atoms with Crippen molar-refractivity contribution in [1.29, 1.82) is 0 Å². The molecular formula is C6H2Cl4O6S2. The fourth-order valence-electron chi connectivity index (χ4n) is 1.05. The van der Waals surface area contributed by atoms with E-state index in [-0.39, 0.29) is 0 Å². The highest BCUT2D eigenvalue weighted by Gasteiger charge is 2.34. The first kappa shape index (κ1) is 16.3. The summed E-state index contributed by atoms with van der Waals surface area (Å²) >= 11 is 22.0. The van der Waals surface area contributed by atoms with Gasteiger partial charge < -0.3 is 0 Å². The Morgan fingerprint density at radius 3 is 1.00 bits per heavy atom. The summed E-state index contributed by atoms with van der Waals surface area (Å²) in [4.78, 5) is -2.68. The lowest BCUT2D eigenvalue weighted by Gasteiger charge is -2.12. The van der Waals surface area contributed by atoms with Gasteiger partial charge in [0.25, 0.3) is 20.2 Å². The number of hydrogen-bond donors (Lipinski definition) is 2. The minimum atomic E-state index is -5.11. The van der Waals surface area contributed by atoms with Crippen LogP contribution in [-0.4, -0.2) is 25.9 Å². The van der Waals surface area contributed by atoms with E-state index in [9.17, 15) is 16.8 Å². The van der Waals surface area contributed by atoms with Gasteiger partial charge >= 0.3 is 0 Å². The maximum absolute atomic E-state index is 11.1. The van der Waals surface area contributed by atoms with Crippen molar-refractivity contribution in [1.82, 2.24) is 0 Å². The van der Waals surface area contributed by atoms with E-state index in [1.807, 2.05) is 0 Å². The van der Waals surface area contributed by atoms with Gasteiger partial charge in [0.2, 0.25) is 0 Å². The van der Waals surface area contributed by atoms with Crippen LogP contribution in [-0.2, 0) is 20.2 Å². The second kappa shape index (κ2) is 4.95. The van der Waals surface area contributed by atoms with E-state index in [0.717, 1.165) is 0 Å². The molecule has 0 aliphatic heterocycles. The molecule has 12 heteroatoms. The molecular weight excluding hydrogens is 374 g/mol. The van der Waals surface area contributed by atoms with Crippen LogP contribution in [0.4, 0.5) is 0 Å². The summed E-state index contributed by atoms with van der Waals surface area (Å²) in [5.41, 5.74) is 0. The van der Waals surface area contributed by atoms with Gasteiger partial charge in [0, 0.05) is 0 Å². The van der Waals surface area contributed by atoms with Crippen molar-refractivity contribution < 1.29 is 25.9 Å². The first-order chi connectivity index (χ1) is 7.89. The number of benzene rings is 1. The first-order valence-corrected chi connectivity index (χ1v) is 8.09. The lowest BCUT2D eigenvalue weighted by atomic mass is 10.3. The van der Waals surface area contributed by atoms with Gasteiger partial charge in [0.1, 0.15) is 9.79 Å². The largest absolute Gasteiger partial charge is 0.297 e. The quantitative estimate of drug-likeness (QED) is 0.467. The average molecular weight is 376 g/mol. The molecule has 0 heterocycles. The Labute approximate surface area is 122 Å². The fraction of sp³-hybridized carbons (Fsp3) is 0. The van der Waals surface area contributed by atoms with E-state index in [1.165, 1.54) is 0 Å². The smallest absolute Gasteiger partial charge is 0.282 e. The van der Waals surface area contributed by atoms with Crippen LogP contribution < -0.4 is 0 Å². The highest BCUT2D eigenvalue weighted by molar-refractivity contribution is 7.89. The Morgan fingerprint density at radius 1 is 0.611 bits per heavy atom. The minimum Gasteiger partial charge on any atom is -0.282 e. The molecule has 6 nitrogen and oxygen atoms in total. The maximum Gasteiger partial charge on any atom is 0.297 e. The zero-order chi connectivity index (χ0) is 14.5. The molecule has 0 aliphatic carbocycles. The van der Waals surface area contributed by atoms with E-state index >= 15 is 0 Å². The van der Waals surface area contributed by atoms with Crippen molar-refractivity contribution in [2.75, 3.05) is 0 Å². The van der Waals surface area contributed by atoms with Crippen LogP contribution >= 0.6 is 46.4 Å². The Bertz CT molecular complexity index is 660. The minimum absolute atomic E-state index is 0.580. The Morgan fingerprint density at radius 2 is 0.833 bits per heavy atom. The Balaban J connectivity index is 4.16. The molecule has 1 aromatic rings. The van der Waals surface area contributed by atoms with Crippen LogP contribution in [0.25, 0.3) is 0 Å². The van der Waals surface area contributed by atoms with Gasteiger partial charge in [-0.25, -0.2) is 0 Å². The molecule has 0 radical (unpaired) electrons. The fourth-order valence-corrected chi connectivity index (χ4v) is 4.68. The zero-order valence-electron chi connectivity index (χ0n) is 7.86. The summed E-state index contributed by atoms with van der Waals surface area (Å²) in [6.45, 7) is 0. The molecule has 0 aliphatic rings. The van der Waals surface area contributed by atoms with Crippen LogP contribution in [0.3, 0.4) is 0 Å². The van der Waals surface area contributed by atoms with Crippen molar-refractivity contribution in [2.24, 2.45) is 0 Å². The van der Waals surface area contributed by atoms with Gasteiger partial charge in [-0.2, -0.15) is 16.8 Å². The molecule has 0 saturated carbocycles. The molecule has 18 heavy (non-hydrogen) atoms. The standard InChI is InChI=1S/C6H2Cl4O6S2/c7-1-2(8)4(10)6(18(14,15)16)5(3(1)9)17(11,12)13/h(H,11,12,13)(H,14,15,16). The number of halogens is 4. The van der Waals surface area contributed by atoms with Gasteiger partial charge in [0.15, 0.2) is 0 Å². The van der Waals surface area contributed by atoms with Gasteiger partial charge in [-0.1, -0.05) is 46.4 Å². The molecule has 1 rings (SSSR count).